The number of aliphatic carboxylic acids is 1. The van der Waals surface area contributed by atoms with E-state index in [1.54, 1.807) is 13.2 Å². The average Bonchev–Trinajstić information content (AvgIpc) is 3.57. The molecule has 0 aliphatic heterocycles. The zero-order valence-electron chi connectivity index (χ0n) is 21.2. The number of amides is 1. The van der Waals surface area contributed by atoms with Gasteiger partial charge in [-0.25, -0.2) is 4.79 Å². The number of anilines is 2. The van der Waals surface area contributed by atoms with Crippen LogP contribution in [0.2, 0.25) is 0 Å². The van der Waals surface area contributed by atoms with Crippen LogP contribution in [-0.2, 0) is 9.59 Å². The molecule has 1 aromatic heterocycles. The SMILES string of the molecule is CCN(CC)CCCNc1nnc(-c2ccc(NC(=O)C3CCCC3)cc2OC)o1.O=C(O)C(F)(F)F. The number of hydrogen-bond donors (Lipinski definition) is 3. The van der Waals surface area contributed by atoms with E-state index in [1.165, 1.54) is 0 Å². The Bertz CT molecular complexity index is 1000. The summed E-state index contributed by atoms with van der Waals surface area (Å²) in [7, 11) is 1.59. The van der Waals surface area contributed by atoms with Gasteiger partial charge in [0.1, 0.15) is 5.75 Å². The van der Waals surface area contributed by atoms with Crippen LogP contribution < -0.4 is 15.4 Å². The lowest BCUT2D eigenvalue weighted by atomic mass is 10.1. The van der Waals surface area contributed by atoms with Gasteiger partial charge in [-0.05, 0) is 51.0 Å². The average molecular weight is 530 g/mol. The zero-order chi connectivity index (χ0) is 27.4. The third-order valence-electron chi connectivity index (χ3n) is 5.91. The predicted molar refractivity (Wildman–Crippen MR) is 131 cm³/mol. The van der Waals surface area contributed by atoms with Gasteiger partial charge in [0.2, 0.25) is 5.91 Å². The monoisotopic (exact) mass is 529 g/mol. The van der Waals surface area contributed by atoms with Crippen molar-refractivity contribution in [2.75, 3.05) is 43.9 Å². The Hall–Kier alpha value is -3.35. The quantitative estimate of drug-likeness (QED) is 0.356. The van der Waals surface area contributed by atoms with Gasteiger partial charge in [0, 0.05) is 24.2 Å². The van der Waals surface area contributed by atoms with Crippen LogP contribution in [0.5, 0.6) is 5.75 Å². The lowest BCUT2D eigenvalue weighted by Crippen LogP contribution is -2.25. The van der Waals surface area contributed by atoms with Crippen molar-refractivity contribution < 1.29 is 37.0 Å². The van der Waals surface area contributed by atoms with E-state index in [-0.39, 0.29) is 11.8 Å². The van der Waals surface area contributed by atoms with Gasteiger partial charge in [0.05, 0.1) is 12.7 Å². The Morgan fingerprint density at radius 3 is 2.41 bits per heavy atom. The van der Waals surface area contributed by atoms with Crippen LogP contribution in [0, 0.1) is 5.92 Å². The number of aromatic nitrogens is 2. The maximum absolute atomic E-state index is 12.4. The number of nitrogens with one attached hydrogen (secondary N) is 2. The first-order valence-electron chi connectivity index (χ1n) is 12.2. The Labute approximate surface area is 213 Å². The second kappa shape index (κ2) is 14.4. The number of alkyl halides is 3. The molecular weight excluding hydrogens is 495 g/mol. The largest absolute Gasteiger partial charge is 0.496 e. The van der Waals surface area contributed by atoms with Crippen LogP contribution >= 0.6 is 0 Å². The summed E-state index contributed by atoms with van der Waals surface area (Å²) in [6, 6.07) is 5.86. The number of methoxy groups -OCH3 is 1. The minimum absolute atomic E-state index is 0.0799. The van der Waals surface area contributed by atoms with Gasteiger partial charge in [-0.1, -0.05) is 31.8 Å². The molecule has 1 fully saturated rings. The zero-order valence-corrected chi connectivity index (χ0v) is 21.2. The Morgan fingerprint density at radius 2 is 1.84 bits per heavy atom. The van der Waals surface area contributed by atoms with Crippen LogP contribution in [-0.4, -0.2) is 71.5 Å². The fourth-order valence-electron chi connectivity index (χ4n) is 3.82. The van der Waals surface area contributed by atoms with Crippen LogP contribution in [0.3, 0.4) is 0 Å². The van der Waals surface area contributed by atoms with E-state index < -0.39 is 12.1 Å². The minimum Gasteiger partial charge on any atom is -0.496 e. The topological polar surface area (TPSA) is 130 Å². The number of ether oxygens (including phenoxy) is 1. The normalized spacial score (nSPS) is 13.7. The molecule has 0 unspecified atom stereocenters. The smallest absolute Gasteiger partial charge is 0.490 e. The number of carboxylic acid groups (broad SMARTS) is 1. The molecule has 1 saturated carbocycles. The number of nitrogens with zero attached hydrogens (tertiary/aromatic N) is 3. The van der Waals surface area contributed by atoms with Crippen LogP contribution in [0.15, 0.2) is 22.6 Å². The van der Waals surface area contributed by atoms with Gasteiger partial charge in [-0.2, -0.15) is 13.2 Å². The summed E-state index contributed by atoms with van der Waals surface area (Å²) in [6.45, 7) is 8.24. The first-order chi connectivity index (χ1) is 17.6. The van der Waals surface area contributed by atoms with Crippen molar-refractivity contribution >= 4 is 23.6 Å². The van der Waals surface area contributed by atoms with Crippen LogP contribution in [0.1, 0.15) is 46.0 Å². The summed E-state index contributed by atoms with van der Waals surface area (Å²) < 4.78 is 43.0. The second-order valence-corrected chi connectivity index (χ2v) is 8.41. The van der Waals surface area contributed by atoms with E-state index >= 15 is 0 Å². The van der Waals surface area contributed by atoms with Gasteiger partial charge in [-0.15, -0.1) is 5.10 Å². The van der Waals surface area contributed by atoms with Crippen molar-refractivity contribution in [2.24, 2.45) is 5.92 Å². The Kier molecular flexibility index (Phi) is 11.6. The maximum Gasteiger partial charge on any atom is 0.490 e. The first-order valence-corrected chi connectivity index (χ1v) is 12.2. The van der Waals surface area contributed by atoms with Gasteiger partial charge in [0.15, 0.2) is 0 Å². The van der Waals surface area contributed by atoms with Crippen molar-refractivity contribution in [2.45, 2.75) is 52.1 Å². The number of carbonyl (C=O) groups excluding carboxylic acids is 1. The molecule has 1 aliphatic carbocycles. The van der Waals surface area contributed by atoms with Gasteiger partial charge in [-0.3, -0.25) is 4.79 Å². The molecule has 0 bridgehead atoms. The molecule has 0 spiro atoms. The maximum atomic E-state index is 12.4. The molecule has 0 atom stereocenters. The number of carboxylic acids is 1. The Morgan fingerprint density at radius 1 is 1.19 bits per heavy atom. The molecule has 10 nitrogen and oxygen atoms in total. The fourth-order valence-corrected chi connectivity index (χ4v) is 3.82. The molecule has 0 saturated heterocycles. The molecule has 1 amide bonds. The molecule has 37 heavy (non-hydrogen) atoms. The van der Waals surface area contributed by atoms with Crippen molar-refractivity contribution in [3.63, 3.8) is 0 Å². The molecule has 1 aromatic carbocycles. The molecule has 3 rings (SSSR count). The molecule has 1 heterocycles. The van der Waals surface area contributed by atoms with E-state index in [1.807, 2.05) is 12.1 Å². The minimum atomic E-state index is -5.08. The van der Waals surface area contributed by atoms with Crippen molar-refractivity contribution in [3.8, 4) is 17.2 Å². The summed E-state index contributed by atoms with van der Waals surface area (Å²) in [4.78, 5) is 23.6. The summed E-state index contributed by atoms with van der Waals surface area (Å²) in [6.07, 6.45) is 0.103. The highest BCUT2D eigenvalue weighted by Gasteiger charge is 2.38. The predicted octanol–water partition coefficient (Wildman–Crippen LogP) is 4.65. The van der Waals surface area contributed by atoms with E-state index in [0.29, 0.717) is 28.9 Å². The lowest BCUT2D eigenvalue weighted by molar-refractivity contribution is -0.192. The molecular formula is C24H34F3N5O5. The first kappa shape index (κ1) is 29.9. The Balaban J connectivity index is 0.000000604. The standard InChI is InChI=1S/C22H33N5O3.C2HF3O2/c1-4-27(5-2)14-8-13-23-22-26-25-21(30-22)18-12-11-17(15-19(18)29-3)24-20(28)16-9-6-7-10-16;3-2(4,5)1(6)7/h11-12,15-16H,4-10,13-14H2,1-3H3,(H,23,26)(H,24,28);(H,6,7). The molecule has 2 aromatic rings. The number of benzene rings is 1. The third-order valence-corrected chi connectivity index (χ3v) is 5.91. The summed E-state index contributed by atoms with van der Waals surface area (Å²) in [5, 5.41) is 21.5. The number of hydrogen-bond acceptors (Lipinski definition) is 8. The second-order valence-electron chi connectivity index (χ2n) is 8.41. The van der Waals surface area contributed by atoms with Crippen molar-refractivity contribution in [1.29, 1.82) is 0 Å². The summed E-state index contributed by atoms with van der Waals surface area (Å²) in [5.74, 6) is -1.60. The molecule has 3 N–H and O–H groups in total. The summed E-state index contributed by atoms with van der Waals surface area (Å²) >= 11 is 0. The van der Waals surface area contributed by atoms with E-state index in [0.717, 1.165) is 58.3 Å². The van der Waals surface area contributed by atoms with Crippen LogP contribution in [0.25, 0.3) is 11.5 Å². The molecule has 1 aliphatic rings. The van der Waals surface area contributed by atoms with E-state index in [2.05, 4.69) is 39.6 Å². The third kappa shape index (κ3) is 9.56. The van der Waals surface area contributed by atoms with E-state index in [9.17, 15) is 18.0 Å². The van der Waals surface area contributed by atoms with Gasteiger partial charge in [0.25, 0.3) is 5.89 Å². The van der Waals surface area contributed by atoms with Crippen molar-refractivity contribution in [1.82, 2.24) is 15.1 Å². The number of rotatable bonds is 11. The molecule has 0 radical (unpaired) electrons. The van der Waals surface area contributed by atoms with Crippen molar-refractivity contribution in [3.05, 3.63) is 18.2 Å². The highest BCUT2D eigenvalue weighted by atomic mass is 19.4. The fraction of sp³-hybridized carbons (Fsp3) is 0.583. The van der Waals surface area contributed by atoms with E-state index in [4.69, 9.17) is 19.1 Å². The molecule has 13 heteroatoms. The summed E-state index contributed by atoms with van der Waals surface area (Å²) in [5.41, 5.74) is 1.40. The molecule has 206 valence electrons. The number of halogens is 3. The van der Waals surface area contributed by atoms with Crippen LogP contribution in [0.4, 0.5) is 24.9 Å². The number of carbonyl (C=O) groups is 2. The van der Waals surface area contributed by atoms with Gasteiger partial charge >= 0.3 is 18.2 Å². The highest BCUT2D eigenvalue weighted by molar-refractivity contribution is 5.93. The lowest BCUT2D eigenvalue weighted by Gasteiger charge is -2.17. The van der Waals surface area contributed by atoms with Gasteiger partial charge < -0.3 is 29.8 Å². The highest BCUT2D eigenvalue weighted by Crippen LogP contribution is 2.33.